The molecule has 33 heavy (non-hydrogen) atoms. The number of hydrogen-bond donors (Lipinski definition) is 0. The molecular formula is C28H33NO4. The second kappa shape index (κ2) is 8.51. The summed E-state index contributed by atoms with van der Waals surface area (Å²) >= 11 is 0. The highest BCUT2D eigenvalue weighted by atomic mass is 16.5. The Morgan fingerprint density at radius 3 is 2.64 bits per heavy atom. The zero-order chi connectivity index (χ0) is 23.2. The lowest BCUT2D eigenvalue weighted by atomic mass is 9.55. The molecule has 5 atom stereocenters. The summed E-state index contributed by atoms with van der Waals surface area (Å²) in [6.45, 7) is 2.57. The number of amides is 1. The normalized spacial score (nSPS) is 30.1. The molecule has 0 aromatic heterocycles. The number of hydrogen-bond acceptors (Lipinski definition) is 4. The number of ketones is 1. The van der Waals surface area contributed by atoms with Gasteiger partial charge in [-0.1, -0.05) is 31.2 Å². The van der Waals surface area contributed by atoms with E-state index in [0.717, 1.165) is 43.5 Å². The topological polar surface area (TPSA) is 55.8 Å². The van der Waals surface area contributed by atoms with E-state index in [-0.39, 0.29) is 11.3 Å². The van der Waals surface area contributed by atoms with E-state index in [1.54, 1.807) is 12.0 Å². The maximum atomic E-state index is 13.7. The van der Waals surface area contributed by atoms with Crippen LogP contribution in [-0.4, -0.2) is 32.6 Å². The minimum absolute atomic E-state index is 0.157. The molecule has 0 N–H and O–H groups in total. The van der Waals surface area contributed by atoms with E-state index in [2.05, 4.69) is 25.1 Å². The summed E-state index contributed by atoms with van der Waals surface area (Å²) in [5, 5.41) is 0. The number of anilines is 1. The fourth-order valence-electron chi connectivity index (χ4n) is 7.01. The number of benzene rings is 2. The SMILES string of the molecule is COC(=O)N(C[C@@H]1C[C@H]2[C@@H]3CCc4cc(OC)ccc4[C@H]3CC[C@]2(C)C1=O)c1ccccc1. The molecule has 1 amide bonds. The molecule has 0 heterocycles. The second-order valence-corrected chi connectivity index (χ2v) is 10.1. The zero-order valence-corrected chi connectivity index (χ0v) is 19.8. The van der Waals surface area contributed by atoms with E-state index in [4.69, 9.17) is 9.47 Å². The molecule has 0 aliphatic heterocycles. The second-order valence-electron chi connectivity index (χ2n) is 10.1. The van der Waals surface area contributed by atoms with Crippen molar-refractivity contribution in [2.24, 2.45) is 23.2 Å². The molecule has 3 aliphatic carbocycles. The van der Waals surface area contributed by atoms with Crippen molar-refractivity contribution < 1.29 is 19.1 Å². The molecule has 174 valence electrons. The maximum Gasteiger partial charge on any atom is 0.414 e. The average molecular weight is 448 g/mol. The van der Waals surface area contributed by atoms with E-state index < -0.39 is 6.09 Å². The van der Waals surface area contributed by atoms with Gasteiger partial charge in [-0.15, -0.1) is 0 Å². The fourth-order valence-corrected chi connectivity index (χ4v) is 7.01. The van der Waals surface area contributed by atoms with Gasteiger partial charge < -0.3 is 9.47 Å². The Morgan fingerprint density at radius 2 is 1.91 bits per heavy atom. The number of rotatable bonds is 4. The molecule has 5 heteroatoms. The molecule has 5 nitrogen and oxygen atoms in total. The number of aryl methyl sites for hydroxylation is 1. The first kappa shape index (κ1) is 22.0. The third-order valence-electron chi connectivity index (χ3n) is 8.66. The first-order valence-electron chi connectivity index (χ1n) is 12.1. The summed E-state index contributed by atoms with van der Waals surface area (Å²) < 4.78 is 10.5. The molecule has 5 rings (SSSR count). The summed E-state index contributed by atoms with van der Waals surface area (Å²) in [6.07, 6.45) is 4.56. The van der Waals surface area contributed by atoms with Crippen LogP contribution in [0.15, 0.2) is 48.5 Å². The van der Waals surface area contributed by atoms with Crippen LogP contribution in [0, 0.1) is 23.2 Å². The molecule has 2 aromatic carbocycles. The summed E-state index contributed by atoms with van der Waals surface area (Å²) in [5.41, 5.74) is 3.33. The Morgan fingerprint density at radius 1 is 1.12 bits per heavy atom. The van der Waals surface area contributed by atoms with Crippen molar-refractivity contribution in [1.29, 1.82) is 0 Å². The summed E-state index contributed by atoms with van der Waals surface area (Å²) in [7, 11) is 3.12. The summed E-state index contributed by atoms with van der Waals surface area (Å²) in [6, 6.07) is 16.0. The van der Waals surface area contributed by atoms with Crippen molar-refractivity contribution in [3.63, 3.8) is 0 Å². The van der Waals surface area contributed by atoms with E-state index in [1.807, 2.05) is 30.3 Å². The molecule has 3 aliphatic rings. The molecule has 0 saturated heterocycles. The predicted octanol–water partition coefficient (Wildman–Crippen LogP) is 5.62. The van der Waals surface area contributed by atoms with Crippen LogP contribution in [0.2, 0.25) is 0 Å². The lowest BCUT2D eigenvalue weighted by Crippen LogP contribution is -2.43. The van der Waals surface area contributed by atoms with E-state index in [9.17, 15) is 9.59 Å². The molecule has 2 fully saturated rings. The molecule has 0 spiro atoms. The van der Waals surface area contributed by atoms with E-state index >= 15 is 0 Å². The van der Waals surface area contributed by atoms with E-state index in [0.29, 0.717) is 30.1 Å². The van der Waals surface area contributed by atoms with Crippen molar-refractivity contribution in [3.05, 3.63) is 59.7 Å². The van der Waals surface area contributed by atoms with Gasteiger partial charge >= 0.3 is 6.09 Å². The molecule has 0 bridgehead atoms. The number of carbonyl (C=O) groups excluding carboxylic acids is 2. The average Bonchev–Trinajstić information content (AvgIpc) is 3.11. The number of ether oxygens (including phenoxy) is 2. The lowest BCUT2D eigenvalue weighted by molar-refractivity contribution is -0.131. The highest BCUT2D eigenvalue weighted by Gasteiger charge is 2.58. The molecular weight excluding hydrogens is 414 g/mol. The Hall–Kier alpha value is -2.82. The van der Waals surface area contributed by atoms with Gasteiger partial charge in [0.05, 0.1) is 14.2 Å². The minimum Gasteiger partial charge on any atom is -0.497 e. The van der Waals surface area contributed by atoms with Gasteiger partial charge in [-0.05, 0) is 85.3 Å². The number of carbonyl (C=O) groups is 2. The smallest absolute Gasteiger partial charge is 0.414 e. The van der Waals surface area contributed by atoms with Gasteiger partial charge in [0, 0.05) is 23.6 Å². The third kappa shape index (κ3) is 3.62. The zero-order valence-electron chi connectivity index (χ0n) is 19.8. The van der Waals surface area contributed by atoms with Gasteiger partial charge in [-0.25, -0.2) is 4.79 Å². The van der Waals surface area contributed by atoms with Crippen molar-refractivity contribution in [1.82, 2.24) is 0 Å². The first-order chi connectivity index (χ1) is 16.0. The van der Waals surface area contributed by atoms with Crippen LogP contribution in [-0.2, 0) is 16.0 Å². The van der Waals surface area contributed by atoms with Crippen LogP contribution in [0.1, 0.15) is 49.7 Å². The lowest BCUT2D eigenvalue weighted by Gasteiger charge is -2.48. The molecule has 0 unspecified atom stereocenters. The Labute approximate surface area is 196 Å². The minimum atomic E-state index is -0.410. The van der Waals surface area contributed by atoms with Gasteiger partial charge in [0.15, 0.2) is 0 Å². The van der Waals surface area contributed by atoms with Crippen LogP contribution >= 0.6 is 0 Å². The van der Waals surface area contributed by atoms with Crippen LogP contribution in [0.5, 0.6) is 5.75 Å². The number of fused-ring (bicyclic) bond motifs is 5. The highest BCUT2D eigenvalue weighted by Crippen LogP contribution is 2.61. The fraction of sp³-hybridized carbons (Fsp3) is 0.500. The third-order valence-corrected chi connectivity index (χ3v) is 8.66. The Balaban J connectivity index is 1.40. The van der Waals surface area contributed by atoms with Gasteiger partial charge in [-0.3, -0.25) is 9.69 Å². The van der Waals surface area contributed by atoms with Crippen LogP contribution in [0.4, 0.5) is 10.5 Å². The maximum absolute atomic E-state index is 13.7. The summed E-state index contributed by atoms with van der Waals surface area (Å²) in [5.74, 6) is 2.48. The van der Waals surface area contributed by atoms with Gasteiger partial charge in [0.2, 0.25) is 0 Å². The van der Waals surface area contributed by atoms with Crippen molar-refractivity contribution >= 4 is 17.6 Å². The number of para-hydroxylation sites is 1. The molecule has 2 saturated carbocycles. The Bertz CT molecular complexity index is 1050. The van der Waals surface area contributed by atoms with Crippen molar-refractivity contribution in [2.75, 3.05) is 25.7 Å². The van der Waals surface area contributed by atoms with Gasteiger partial charge in [0.25, 0.3) is 0 Å². The number of methoxy groups -OCH3 is 2. The van der Waals surface area contributed by atoms with Gasteiger partial charge in [-0.2, -0.15) is 0 Å². The molecule has 2 aromatic rings. The first-order valence-corrected chi connectivity index (χ1v) is 12.1. The van der Waals surface area contributed by atoms with E-state index in [1.165, 1.54) is 18.2 Å². The summed E-state index contributed by atoms with van der Waals surface area (Å²) in [4.78, 5) is 28.0. The predicted molar refractivity (Wildman–Crippen MR) is 128 cm³/mol. The van der Waals surface area contributed by atoms with Crippen molar-refractivity contribution in [2.45, 2.75) is 44.9 Å². The van der Waals surface area contributed by atoms with Crippen LogP contribution in [0.3, 0.4) is 0 Å². The Kier molecular flexibility index (Phi) is 5.67. The van der Waals surface area contributed by atoms with Gasteiger partial charge in [0.1, 0.15) is 11.5 Å². The highest BCUT2D eigenvalue weighted by molar-refractivity contribution is 5.93. The standard InChI is InChI=1S/C28H33NO4/c1-28-14-13-23-22-12-10-21(32-2)15-18(22)9-11-24(23)25(28)16-19(26(28)30)17-29(27(31)33-3)20-7-5-4-6-8-20/h4-8,10,12,15,19,23-25H,9,11,13-14,16-17H2,1-3H3/t19-,23+,24+,25-,28-/m0/s1. The van der Waals surface area contributed by atoms with Crippen LogP contribution in [0.25, 0.3) is 0 Å². The number of nitrogens with zero attached hydrogens (tertiary/aromatic N) is 1. The van der Waals surface area contributed by atoms with Crippen LogP contribution < -0.4 is 9.64 Å². The van der Waals surface area contributed by atoms with Crippen molar-refractivity contribution in [3.8, 4) is 5.75 Å². The monoisotopic (exact) mass is 447 g/mol. The largest absolute Gasteiger partial charge is 0.497 e. The number of Topliss-reactive ketones (excluding diaryl/α,β-unsaturated/α-hetero) is 1. The quantitative estimate of drug-likeness (QED) is 0.610. The molecule has 0 radical (unpaired) electrons.